The van der Waals surface area contributed by atoms with Crippen LogP contribution in [0.3, 0.4) is 0 Å². The second kappa shape index (κ2) is 5.20. The van der Waals surface area contributed by atoms with Crippen LogP contribution in [0, 0.1) is 0 Å². The third kappa shape index (κ3) is 1.97. The Hall–Kier alpha value is -3.60. The second-order valence-electron chi connectivity index (χ2n) is 6.28. The van der Waals surface area contributed by atoms with Crippen LogP contribution in [0.4, 0.5) is 0 Å². The lowest BCUT2D eigenvalue weighted by atomic mass is 10.0. The molecule has 126 valence electrons. The van der Waals surface area contributed by atoms with Gasteiger partial charge in [0.25, 0.3) is 0 Å². The Balaban J connectivity index is 1.90. The average Bonchev–Trinajstić information content (AvgIpc) is 2.98. The number of imidazole rings is 1. The van der Waals surface area contributed by atoms with Gasteiger partial charge in [-0.25, -0.2) is 9.78 Å². The molecule has 0 bridgehead atoms. The Kier molecular flexibility index (Phi) is 2.94. The number of para-hydroxylation sites is 2. The van der Waals surface area contributed by atoms with Gasteiger partial charge in [0.1, 0.15) is 22.7 Å². The molecule has 0 spiro atoms. The predicted octanol–water partition coefficient (Wildman–Crippen LogP) is 4.21. The molecule has 2 aromatic heterocycles. The van der Waals surface area contributed by atoms with Crippen molar-refractivity contribution in [2.45, 2.75) is 0 Å². The third-order valence-electron chi connectivity index (χ3n) is 4.77. The summed E-state index contributed by atoms with van der Waals surface area (Å²) < 4.78 is 7.40. The molecule has 0 fully saturated rings. The van der Waals surface area contributed by atoms with E-state index in [-0.39, 0.29) is 5.75 Å². The molecule has 2 heterocycles. The van der Waals surface area contributed by atoms with Crippen molar-refractivity contribution >= 4 is 32.8 Å². The molecular weight excluding hydrogens is 328 g/mol. The highest BCUT2D eigenvalue weighted by Crippen LogP contribution is 2.33. The first kappa shape index (κ1) is 14.7. The van der Waals surface area contributed by atoms with E-state index < -0.39 is 5.63 Å². The molecule has 0 aliphatic carbocycles. The summed E-state index contributed by atoms with van der Waals surface area (Å²) in [7, 11) is 1.88. The Labute approximate surface area is 147 Å². The van der Waals surface area contributed by atoms with Crippen molar-refractivity contribution in [2.24, 2.45) is 7.05 Å². The maximum Gasteiger partial charge on any atom is 0.347 e. The third-order valence-corrected chi connectivity index (χ3v) is 4.77. The van der Waals surface area contributed by atoms with Crippen molar-refractivity contribution in [3.63, 3.8) is 0 Å². The number of phenolic OH excluding ortho intramolecular Hbond substituents is 1. The van der Waals surface area contributed by atoms with E-state index in [9.17, 15) is 9.90 Å². The molecule has 5 nitrogen and oxygen atoms in total. The number of phenols is 1. The Bertz CT molecular complexity index is 1380. The van der Waals surface area contributed by atoms with E-state index in [4.69, 9.17) is 4.42 Å². The lowest BCUT2D eigenvalue weighted by Gasteiger charge is -2.07. The summed E-state index contributed by atoms with van der Waals surface area (Å²) >= 11 is 0. The van der Waals surface area contributed by atoms with Crippen LogP contribution in [0.1, 0.15) is 0 Å². The van der Waals surface area contributed by atoms with Crippen LogP contribution in [-0.2, 0) is 7.05 Å². The molecule has 0 unspecified atom stereocenters. The maximum atomic E-state index is 12.6. The van der Waals surface area contributed by atoms with Crippen LogP contribution in [-0.4, -0.2) is 14.7 Å². The smallest absolute Gasteiger partial charge is 0.347 e. The number of benzene rings is 3. The van der Waals surface area contributed by atoms with Gasteiger partial charge in [-0.05, 0) is 23.6 Å². The average molecular weight is 342 g/mol. The van der Waals surface area contributed by atoms with Gasteiger partial charge >= 0.3 is 5.63 Å². The minimum atomic E-state index is -0.481. The molecule has 3 aromatic carbocycles. The quantitative estimate of drug-likeness (QED) is 0.366. The number of aryl methyl sites for hydroxylation is 1. The van der Waals surface area contributed by atoms with Crippen molar-refractivity contribution in [2.75, 3.05) is 0 Å². The monoisotopic (exact) mass is 342 g/mol. The van der Waals surface area contributed by atoms with Crippen LogP contribution in [0.5, 0.6) is 5.75 Å². The Morgan fingerprint density at radius 1 is 0.962 bits per heavy atom. The van der Waals surface area contributed by atoms with E-state index in [1.165, 1.54) is 6.07 Å². The summed E-state index contributed by atoms with van der Waals surface area (Å²) in [5.74, 6) is 0.644. The molecule has 26 heavy (non-hydrogen) atoms. The van der Waals surface area contributed by atoms with Crippen molar-refractivity contribution in [3.8, 4) is 17.1 Å². The van der Waals surface area contributed by atoms with Crippen molar-refractivity contribution < 1.29 is 9.52 Å². The SMILES string of the molecule is Cn1c(-c2cc3c(cc(O)c4ccccc43)oc2=O)nc2ccccc21. The molecule has 0 radical (unpaired) electrons. The van der Waals surface area contributed by atoms with Crippen LogP contribution < -0.4 is 5.63 Å². The lowest BCUT2D eigenvalue weighted by molar-refractivity contribution is 0.479. The number of nitrogens with zero attached hydrogens (tertiary/aromatic N) is 2. The first-order chi connectivity index (χ1) is 12.6. The zero-order chi connectivity index (χ0) is 17.8. The van der Waals surface area contributed by atoms with E-state index >= 15 is 0 Å². The molecule has 5 heteroatoms. The highest BCUT2D eigenvalue weighted by atomic mass is 16.4. The summed E-state index contributed by atoms with van der Waals surface area (Å²) in [5, 5.41) is 12.5. The zero-order valence-corrected chi connectivity index (χ0v) is 13.9. The van der Waals surface area contributed by atoms with Gasteiger partial charge in [0.2, 0.25) is 0 Å². The number of aromatic nitrogens is 2. The van der Waals surface area contributed by atoms with Crippen LogP contribution in [0.25, 0.3) is 44.2 Å². The number of hydrogen-bond acceptors (Lipinski definition) is 4. The number of fused-ring (bicyclic) bond motifs is 4. The van der Waals surface area contributed by atoms with Gasteiger partial charge in [-0.3, -0.25) is 0 Å². The van der Waals surface area contributed by atoms with Gasteiger partial charge in [0.15, 0.2) is 0 Å². The minimum absolute atomic E-state index is 0.0896. The van der Waals surface area contributed by atoms with Crippen LogP contribution >= 0.6 is 0 Å². The van der Waals surface area contributed by atoms with E-state index in [2.05, 4.69) is 4.98 Å². The highest BCUT2D eigenvalue weighted by Gasteiger charge is 2.17. The Morgan fingerprint density at radius 3 is 2.50 bits per heavy atom. The van der Waals surface area contributed by atoms with Gasteiger partial charge < -0.3 is 14.1 Å². The largest absolute Gasteiger partial charge is 0.507 e. The van der Waals surface area contributed by atoms with Gasteiger partial charge in [-0.1, -0.05) is 36.4 Å². The van der Waals surface area contributed by atoms with Gasteiger partial charge in [0, 0.05) is 23.9 Å². The zero-order valence-electron chi connectivity index (χ0n) is 13.9. The topological polar surface area (TPSA) is 68.3 Å². The Morgan fingerprint density at radius 2 is 1.69 bits per heavy atom. The minimum Gasteiger partial charge on any atom is -0.507 e. The fraction of sp³-hybridized carbons (Fsp3) is 0.0476. The molecular formula is C21H14N2O3. The predicted molar refractivity (Wildman–Crippen MR) is 101 cm³/mol. The first-order valence-corrected chi connectivity index (χ1v) is 8.24. The van der Waals surface area contributed by atoms with Gasteiger partial charge in [0.05, 0.1) is 11.0 Å². The van der Waals surface area contributed by atoms with E-state index in [0.29, 0.717) is 22.4 Å². The fourth-order valence-electron chi connectivity index (χ4n) is 3.49. The summed E-state index contributed by atoms with van der Waals surface area (Å²) in [6.45, 7) is 0. The number of hydrogen-bond donors (Lipinski definition) is 1. The molecule has 5 aromatic rings. The molecule has 0 saturated carbocycles. The molecule has 5 rings (SSSR count). The number of aromatic hydroxyl groups is 1. The number of rotatable bonds is 1. The van der Waals surface area contributed by atoms with Crippen molar-refractivity contribution in [3.05, 3.63) is 71.1 Å². The summed E-state index contributed by atoms with van der Waals surface area (Å²) in [4.78, 5) is 17.2. The molecule has 0 amide bonds. The van der Waals surface area contributed by atoms with Crippen LogP contribution in [0.2, 0.25) is 0 Å². The molecule has 0 aliphatic rings. The molecule has 0 aliphatic heterocycles. The summed E-state index contributed by atoms with van der Waals surface area (Å²) in [6.07, 6.45) is 0. The molecule has 0 atom stereocenters. The lowest BCUT2D eigenvalue weighted by Crippen LogP contribution is -2.06. The molecule has 1 N–H and O–H groups in total. The second-order valence-corrected chi connectivity index (χ2v) is 6.28. The summed E-state index contributed by atoms with van der Waals surface area (Å²) in [6, 6.07) is 18.5. The van der Waals surface area contributed by atoms with Crippen molar-refractivity contribution in [1.82, 2.24) is 9.55 Å². The highest BCUT2D eigenvalue weighted by molar-refractivity contribution is 6.09. The van der Waals surface area contributed by atoms with E-state index in [1.807, 2.05) is 60.1 Å². The van der Waals surface area contributed by atoms with Gasteiger partial charge in [-0.2, -0.15) is 0 Å². The first-order valence-electron chi connectivity index (χ1n) is 8.24. The fourth-order valence-corrected chi connectivity index (χ4v) is 3.49. The normalized spacial score (nSPS) is 11.6. The maximum absolute atomic E-state index is 12.6. The van der Waals surface area contributed by atoms with E-state index in [0.717, 1.165) is 21.8 Å². The van der Waals surface area contributed by atoms with E-state index in [1.54, 1.807) is 6.07 Å². The van der Waals surface area contributed by atoms with Crippen LogP contribution in [0.15, 0.2) is 69.9 Å². The van der Waals surface area contributed by atoms with Crippen molar-refractivity contribution in [1.29, 1.82) is 0 Å². The summed E-state index contributed by atoms with van der Waals surface area (Å²) in [5.41, 5.74) is 2.03. The standard InChI is InChI=1S/C21H14N2O3/c1-23-17-9-5-4-8-16(17)22-20(23)15-10-14-12-6-2-3-7-13(12)18(24)11-19(14)26-21(15)25/h2-11,24H,1H3. The van der Waals surface area contributed by atoms with Gasteiger partial charge in [-0.15, -0.1) is 0 Å². The molecule has 0 saturated heterocycles.